The number of hydrogen-bond donors (Lipinski definition) is 8. The van der Waals surface area contributed by atoms with Gasteiger partial charge in [-0.05, 0) is 107 Å². The topological polar surface area (TPSA) is 460 Å². The summed E-state index contributed by atoms with van der Waals surface area (Å²) in [4.78, 5) is 29.1. The number of Topliss-reactive ketones (excluding diaryl/α,β-unsaturated/α-hetero) is 2. The zero-order valence-electron chi connectivity index (χ0n) is 39.4. The maximum absolute atomic E-state index is 13.0. The van der Waals surface area contributed by atoms with Gasteiger partial charge >= 0.3 is 0 Å². The van der Waals surface area contributed by atoms with E-state index in [0.29, 0.717) is 0 Å². The van der Waals surface area contributed by atoms with Crippen molar-refractivity contribution in [3.05, 3.63) is 166 Å². The van der Waals surface area contributed by atoms with Crippen LogP contribution in [0.15, 0.2) is 162 Å². The summed E-state index contributed by atoms with van der Waals surface area (Å²) in [6.07, 6.45) is 8.01. The van der Waals surface area contributed by atoms with E-state index < -0.39 is 113 Å². The number of pyridine rings is 2. The third kappa shape index (κ3) is 13.0. The van der Waals surface area contributed by atoms with Gasteiger partial charge in [-0.15, -0.1) is 0 Å². The van der Waals surface area contributed by atoms with Crippen molar-refractivity contribution in [1.82, 2.24) is 9.97 Å². The lowest BCUT2D eigenvalue weighted by molar-refractivity contribution is 0.105. The average Bonchev–Trinajstić information content (AvgIpc) is 3.51. The molecule has 0 unspecified atom stereocenters. The fourth-order valence-corrected chi connectivity index (χ4v) is 11.7. The number of hydrazone groups is 2. The molecule has 6 aromatic rings. The van der Waals surface area contributed by atoms with E-state index in [4.69, 9.17) is 0 Å². The monoisotopic (exact) mass is 1210 g/mol. The molecular formula is C46H32N8O20S6. The Bertz CT molecular complexity index is 4340. The number of ketones is 2. The third-order valence-electron chi connectivity index (χ3n) is 11.0. The number of benzene rings is 4. The molecule has 0 fully saturated rings. The van der Waals surface area contributed by atoms with Crippen LogP contribution in [-0.2, 0) is 60.7 Å². The Balaban J connectivity index is 1.02. The average molecular weight is 1210 g/mol. The predicted octanol–water partition coefficient (Wildman–Crippen LogP) is 6.01. The third-order valence-corrected chi connectivity index (χ3v) is 16.5. The summed E-state index contributed by atoms with van der Waals surface area (Å²) < 4.78 is 208. The largest absolute Gasteiger partial charge is 0.295 e. The number of fused-ring (bicyclic) bond motifs is 2. The van der Waals surface area contributed by atoms with Crippen molar-refractivity contribution < 1.29 is 87.4 Å². The number of carbonyl (C=O) groups is 2. The Morgan fingerprint density at radius 2 is 0.713 bits per heavy atom. The van der Waals surface area contributed by atoms with Crippen molar-refractivity contribution in [2.45, 2.75) is 19.6 Å². The van der Waals surface area contributed by atoms with E-state index in [0.717, 1.165) is 85.0 Å². The van der Waals surface area contributed by atoms with E-state index in [1.165, 1.54) is 60.9 Å². The minimum absolute atomic E-state index is 0.185. The van der Waals surface area contributed by atoms with E-state index in [2.05, 4.69) is 41.3 Å². The van der Waals surface area contributed by atoms with Gasteiger partial charge in [0.2, 0.25) is 11.6 Å². The Morgan fingerprint density at radius 1 is 0.400 bits per heavy atom. The number of nitrogens with one attached hydrogen (secondary N) is 2. The molecule has 8 N–H and O–H groups in total. The zero-order valence-corrected chi connectivity index (χ0v) is 44.3. The van der Waals surface area contributed by atoms with Crippen LogP contribution >= 0.6 is 0 Å². The smallest absolute Gasteiger partial charge is 0.285 e. The first-order valence-electron chi connectivity index (χ1n) is 21.6. The molecule has 0 spiro atoms. The second-order valence-corrected chi connectivity index (χ2v) is 24.7. The SMILES string of the molecule is O=C1C(=NNc2ccc(C=Cc3ccc(N=Nc4ccc(C=Cc5ccc(NN=C6C=C(S(=O)(=O)O)c7cccnc7C6=O)cc5S(=O)(=O)O)c(S(=O)(=O)O)c4)cc3S(=O)(=O)O)c(S(=O)(=O)O)c2)C=C(S(=O)(=O)O)c2cccnc21. The zero-order chi connectivity index (χ0) is 58.3. The first-order valence-corrected chi connectivity index (χ1v) is 30.2. The normalized spacial score (nSPS) is 15.6. The van der Waals surface area contributed by atoms with Crippen LogP contribution in [0.4, 0.5) is 22.7 Å². The van der Waals surface area contributed by atoms with E-state index in [1.807, 2.05) is 0 Å². The van der Waals surface area contributed by atoms with Gasteiger partial charge in [0.25, 0.3) is 60.7 Å². The maximum Gasteiger partial charge on any atom is 0.295 e. The Kier molecular flexibility index (Phi) is 15.6. The van der Waals surface area contributed by atoms with Gasteiger partial charge in [0.15, 0.2) is 0 Å². The predicted molar refractivity (Wildman–Crippen MR) is 285 cm³/mol. The molecule has 28 nitrogen and oxygen atoms in total. The van der Waals surface area contributed by atoms with Gasteiger partial charge in [-0.1, -0.05) is 48.6 Å². The molecular weight excluding hydrogens is 1180 g/mol. The number of carbonyl (C=O) groups excluding carboxylic acids is 2. The van der Waals surface area contributed by atoms with E-state index >= 15 is 0 Å². The molecule has 0 aliphatic heterocycles. The number of aromatic nitrogens is 2. The van der Waals surface area contributed by atoms with Crippen molar-refractivity contribution in [1.29, 1.82) is 0 Å². The number of azo groups is 1. The fourth-order valence-electron chi connectivity index (χ4n) is 7.49. The van der Waals surface area contributed by atoms with Crippen LogP contribution in [0.5, 0.6) is 0 Å². The molecule has 2 aliphatic rings. The van der Waals surface area contributed by atoms with Crippen molar-refractivity contribution in [3.63, 3.8) is 0 Å². The molecule has 34 heteroatoms. The van der Waals surface area contributed by atoms with Crippen LogP contribution in [0.2, 0.25) is 0 Å². The summed E-state index contributed by atoms with van der Waals surface area (Å²) in [6.45, 7) is 0. The molecule has 4 aromatic carbocycles. The molecule has 412 valence electrons. The summed E-state index contributed by atoms with van der Waals surface area (Å²) in [5.74, 6) is -1.75. The van der Waals surface area contributed by atoms with Gasteiger partial charge in [0, 0.05) is 23.5 Å². The molecule has 0 amide bonds. The van der Waals surface area contributed by atoms with Gasteiger partial charge < -0.3 is 0 Å². The summed E-state index contributed by atoms with van der Waals surface area (Å²) in [5.41, 5.74) is 0.460. The highest BCUT2D eigenvalue weighted by Crippen LogP contribution is 2.33. The van der Waals surface area contributed by atoms with E-state index in [9.17, 15) is 87.4 Å². The summed E-state index contributed by atoms with van der Waals surface area (Å²) in [7, 11) is -30.1. The van der Waals surface area contributed by atoms with Gasteiger partial charge in [-0.2, -0.15) is 70.9 Å². The van der Waals surface area contributed by atoms with Crippen LogP contribution in [0.25, 0.3) is 34.1 Å². The molecule has 0 bridgehead atoms. The van der Waals surface area contributed by atoms with Gasteiger partial charge in [-0.25, -0.2) is 0 Å². The minimum atomic E-state index is -5.10. The lowest BCUT2D eigenvalue weighted by Crippen LogP contribution is -2.24. The molecule has 80 heavy (non-hydrogen) atoms. The highest BCUT2D eigenvalue weighted by atomic mass is 32.2. The second kappa shape index (κ2) is 21.6. The highest BCUT2D eigenvalue weighted by molar-refractivity contribution is 7.95. The van der Waals surface area contributed by atoms with Gasteiger partial charge in [0.1, 0.15) is 52.2 Å². The lowest BCUT2D eigenvalue weighted by Gasteiger charge is -2.15. The van der Waals surface area contributed by atoms with Crippen LogP contribution in [-0.4, -0.2) is 111 Å². The van der Waals surface area contributed by atoms with Crippen LogP contribution in [0.1, 0.15) is 54.4 Å². The molecule has 2 aliphatic carbocycles. The number of hydrogen-bond acceptors (Lipinski definition) is 22. The number of allylic oxidation sites excluding steroid dienone is 2. The minimum Gasteiger partial charge on any atom is -0.285 e. The maximum atomic E-state index is 13.0. The Morgan fingerprint density at radius 3 is 1.02 bits per heavy atom. The van der Waals surface area contributed by atoms with E-state index in [1.54, 1.807) is 0 Å². The van der Waals surface area contributed by atoms with Crippen molar-refractivity contribution in [2.24, 2.45) is 20.4 Å². The molecule has 0 atom stereocenters. The summed E-state index contributed by atoms with van der Waals surface area (Å²) >= 11 is 0. The Labute approximate surface area is 452 Å². The molecule has 0 radical (unpaired) electrons. The molecule has 0 saturated carbocycles. The first kappa shape index (κ1) is 57.6. The molecule has 8 rings (SSSR count). The van der Waals surface area contributed by atoms with Crippen LogP contribution in [0, 0.1) is 0 Å². The number of rotatable bonds is 16. The van der Waals surface area contributed by atoms with Gasteiger partial charge in [0.05, 0.1) is 22.7 Å². The quantitative estimate of drug-likeness (QED) is 0.0238. The first-order chi connectivity index (χ1) is 37.3. The second-order valence-electron chi connectivity index (χ2n) is 16.4. The Hall–Kier alpha value is -8.52. The highest BCUT2D eigenvalue weighted by Gasteiger charge is 2.33. The standard InChI is InChI=1S/C46H32N8O20S6/c55-45-35(23-41(79(69,70)71)33-3-1-17-47-43(33)45)53-51-31-15-11-27(39(21-31)77(63,64)65)7-5-25-9-13-29(19-37(25)75(57,58)59)49-50-30-14-10-26(38(20-30)76(60,61)62)6-8-28-12-16-32(22-40(28)78(66,67)68)52-54-36-24-42(80(72,73)74)34-4-2-18-48-44(34)46(36)56/h1-24,51-52H,(H,57,58,59)(H,60,61,62)(H,63,64,65)(H,66,67,68)(H,69,70,71)(H,72,73,74). The number of nitrogens with zero attached hydrogens (tertiary/aromatic N) is 6. The van der Waals surface area contributed by atoms with Crippen molar-refractivity contribution in [3.8, 4) is 0 Å². The molecule has 2 aromatic heterocycles. The summed E-state index contributed by atoms with van der Waals surface area (Å²) in [5, 5.41) is 15.4. The number of anilines is 2. The van der Waals surface area contributed by atoms with Crippen LogP contribution < -0.4 is 10.9 Å². The van der Waals surface area contributed by atoms with Crippen molar-refractivity contribution >= 4 is 141 Å². The molecule has 0 saturated heterocycles. The van der Waals surface area contributed by atoms with Crippen molar-refractivity contribution in [2.75, 3.05) is 10.9 Å². The fraction of sp³-hybridized carbons (Fsp3) is 0. The van der Waals surface area contributed by atoms with Crippen LogP contribution in [0.3, 0.4) is 0 Å². The molecule has 2 heterocycles. The van der Waals surface area contributed by atoms with E-state index in [-0.39, 0.29) is 67.5 Å². The lowest BCUT2D eigenvalue weighted by atomic mass is 10.00. The summed E-state index contributed by atoms with van der Waals surface area (Å²) in [6, 6.07) is 17.6. The van der Waals surface area contributed by atoms with Gasteiger partial charge in [-0.3, -0.25) is 57.7 Å².